The quantitative estimate of drug-likeness (QED) is 0.833. The van der Waals surface area contributed by atoms with Crippen molar-refractivity contribution in [2.75, 3.05) is 19.6 Å². The summed E-state index contributed by atoms with van der Waals surface area (Å²) in [6.07, 6.45) is 1.33. The second kappa shape index (κ2) is 5.30. The average molecular weight is 280 g/mol. The van der Waals surface area contributed by atoms with Gasteiger partial charge in [0.15, 0.2) is 0 Å². The van der Waals surface area contributed by atoms with Gasteiger partial charge in [-0.3, -0.25) is 4.79 Å². The van der Waals surface area contributed by atoms with Gasteiger partial charge in [0, 0.05) is 25.7 Å². The number of amides is 1. The van der Waals surface area contributed by atoms with Crippen LogP contribution in [-0.4, -0.2) is 48.7 Å². The predicted molar refractivity (Wildman–Crippen MR) is 78.3 cm³/mol. The Morgan fingerprint density at radius 3 is 2.60 bits per heavy atom. The third-order valence-electron chi connectivity index (χ3n) is 5.95. The van der Waals surface area contributed by atoms with E-state index in [0.29, 0.717) is 29.7 Å². The fourth-order valence-electron chi connectivity index (χ4n) is 4.68. The van der Waals surface area contributed by atoms with Crippen LogP contribution in [0, 0.1) is 23.7 Å². The molecule has 20 heavy (non-hydrogen) atoms. The number of nitrogens with one attached hydrogen (secondary N) is 1. The van der Waals surface area contributed by atoms with Crippen LogP contribution in [0.1, 0.15) is 34.1 Å². The van der Waals surface area contributed by atoms with Crippen LogP contribution in [0.2, 0.25) is 0 Å². The second-order valence-electron chi connectivity index (χ2n) is 6.98. The SMILES string of the molecule is CCC1C2CNCC2CN1C(=O)C1C(C)OC(C)C1C. The first-order valence-corrected chi connectivity index (χ1v) is 8.21. The highest BCUT2D eigenvalue weighted by Gasteiger charge is 2.50. The first-order valence-electron chi connectivity index (χ1n) is 8.21. The van der Waals surface area contributed by atoms with Crippen molar-refractivity contribution in [1.82, 2.24) is 10.2 Å². The molecular weight excluding hydrogens is 252 g/mol. The number of rotatable bonds is 2. The minimum absolute atomic E-state index is 0.0471. The van der Waals surface area contributed by atoms with Crippen LogP contribution in [0.25, 0.3) is 0 Å². The van der Waals surface area contributed by atoms with Crippen molar-refractivity contribution in [1.29, 1.82) is 0 Å². The summed E-state index contributed by atoms with van der Waals surface area (Å²) in [4.78, 5) is 15.2. The fourth-order valence-corrected chi connectivity index (χ4v) is 4.68. The largest absolute Gasteiger partial charge is 0.374 e. The normalized spacial score (nSPS) is 47.8. The Kier molecular flexibility index (Phi) is 3.80. The molecule has 0 aliphatic carbocycles. The Morgan fingerprint density at radius 2 is 2.00 bits per heavy atom. The Morgan fingerprint density at radius 1 is 1.25 bits per heavy atom. The molecule has 1 amide bonds. The molecular formula is C16H28N2O2. The first kappa shape index (κ1) is 14.3. The van der Waals surface area contributed by atoms with E-state index in [1.54, 1.807) is 0 Å². The lowest BCUT2D eigenvalue weighted by Gasteiger charge is -2.31. The van der Waals surface area contributed by atoms with Crippen LogP contribution < -0.4 is 5.32 Å². The van der Waals surface area contributed by atoms with Gasteiger partial charge >= 0.3 is 0 Å². The van der Waals surface area contributed by atoms with E-state index in [9.17, 15) is 4.79 Å². The van der Waals surface area contributed by atoms with Crippen molar-refractivity contribution in [3.05, 3.63) is 0 Å². The van der Waals surface area contributed by atoms with Crippen LogP contribution in [0.4, 0.5) is 0 Å². The van der Waals surface area contributed by atoms with Crippen LogP contribution in [0.15, 0.2) is 0 Å². The number of carbonyl (C=O) groups is 1. The highest BCUT2D eigenvalue weighted by atomic mass is 16.5. The molecule has 7 unspecified atom stereocenters. The number of carbonyl (C=O) groups excluding carboxylic acids is 1. The number of hydrogen-bond acceptors (Lipinski definition) is 3. The van der Waals surface area contributed by atoms with E-state index in [0.717, 1.165) is 26.1 Å². The minimum atomic E-state index is 0.0471. The van der Waals surface area contributed by atoms with Gasteiger partial charge in [-0.1, -0.05) is 13.8 Å². The molecule has 4 heteroatoms. The van der Waals surface area contributed by atoms with Gasteiger partial charge in [0.2, 0.25) is 5.91 Å². The lowest BCUT2D eigenvalue weighted by molar-refractivity contribution is -0.139. The van der Waals surface area contributed by atoms with E-state index in [1.807, 2.05) is 0 Å². The third-order valence-corrected chi connectivity index (χ3v) is 5.95. The van der Waals surface area contributed by atoms with Gasteiger partial charge in [-0.05, 0) is 38.0 Å². The van der Waals surface area contributed by atoms with Gasteiger partial charge < -0.3 is 15.0 Å². The van der Waals surface area contributed by atoms with E-state index >= 15 is 0 Å². The molecule has 0 aromatic heterocycles. The number of nitrogens with zero attached hydrogens (tertiary/aromatic N) is 1. The third kappa shape index (κ3) is 2.08. The molecule has 3 aliphatic rings. The zero-order chi connectivity index (χ0) is 14.4. The molecule has 4 nitrogen and oxygen atoms in total. The summed E-state index contributed by atoms with van der Waals surface area (Å²) in [5, 5.41) is 3.48. The van der Waals surface area contributed by atoms with E-state index in [-0.39, 0.29) is 18.1 Å². The molecule has 0 bridgehead atoms. The fraction of sp³-hybridized carbons (Fsp3) is 0.938. The lowest BCUT2D eigenvalue weighted by atomic mass is 9.87. The van der Waals surface area contributed by atoms with E-state index in [2.05, 4.69) is 37.9 Å². The molecule has 3 saturated heterocycles. The summed E-state index contributed by atoms with van der Waals surface area (Å²) in [6.45, 7) is 11.6. The standard InChI is InChI=1S/C16H28N2O2/c1-5-14-13-7-17-6-12(13)8-18(14)16(19)15-9(2)10(3)20-11(15)4/h9-15,17H,5-8H2,1-4H3. The number of hydrogen-bond donors (Lipinski definition) is 1. The number of likely N-dealkylation sites (tertiary alicyclic amines) is 1. The molecule has 3 fully saturated rings. The van der Waals surface area contributed by atoms with Crippen LogP contribution in [0.3, 0.4) is 0 Å². The highest BCUT2D eigenvalue weighted by Crippen LogP contribution is 2.39. The number of ether oxygens (including phenoxy) is 1. The Hall–Kier alpha value is -0.610. The maximum Gasteiger partial charge on any atom is 0.228 e. The molecule has 7 atom stereocenters. The molecule has 3 heterocycles. The van der Waals surface area contributed by atoms with Gasteiger partial charge in [0.25, 0.3) is 0 Å². The summed E-state index contributed by atoms with van der Waals surface area (Å²) >= 11 is 0. The molecule has 0 spiro atoms. The summed E-state index contributed by atoms with van der Waals surface area (Å²) in [7, 11) is 0. The maximum absolute atomic E-state index is 13.0. The van der Waals surface area contributed by atoms with E-state index < -0.39 is 0 Å². The highest BCUT2D eigenvalue weighted by molar-refractivity contribution is 5.81. The average Bonchev–Trinajstić information content (AvgIpc) is 3.03. The van der Waals surface area contributed by atoms with Crippen molar-refractivity contribution >= 4 is 5.91 Å². The predicted octanol–water partition coefficient (Wildman–Crippen LogP) is 1.50. The van der Waals surface area contributed by atoms with Gasteiger partial charge in [-0.25, -0.2) is 0 Å². The smallest absolute Gasteiger partial charge is 0.228 e. The maximum atomic E-state index is 13.0. The second-order valence-corrected chi connectivity index (χ2v) is 6.98. The Balaban J connectivity index is 1.77. The van der Waals surface area contributed by atoms with Crippen molar-refractivity contribution in [2.24, 2.45) is 23.7 Å². The molecule has 3 aliphatic heterocycles. The summed E-state index contributed by atoms with van der Waals surface area (Å²) < 4.78 is 5.87. The van der Waals surface area contributed by atoms with Gasteiger partial charge in [0.1, 0.15) is 0 Å². The van der Waals surface area contributed by atoms with Gasteiger partial charge in [-0.15, -0.1) is 0 Å². The summed E-state index contributed by atoms with van der Waals surface area (Å²) in [5.41, 5.74) is 0. The topological polar surface area (TPSA) is 41.6 Å². The van der Waals surface area contributed by atoms with Crippen LogP contribution in [-0.2, 0) is 9.53 Å². The molecule has 1 N–H and O–H groups in total. The molecule has 3 rings (SSSR count). The van der Waals surface area contributed by atoms with Gasteiger partial charge in [0.05, 0.1) is 18.1 Å². The van der Waals surface area contributed by atoms with Crippen molar-refractivity contribution in [2.45, 2.75) is 52.4 Å². The Bertz CT molecular complexity index is 387. The monoisotopic (exact) mass is 280 g/mol. The van der Waals surface area contributed by atoms with Crippen molar-refractivity contribution in [3.8, 4) is 0 Å². The zero-order valence-electron chi connectivity index (χ0n) is 13.1. The van der Waals surface area contributed by atoms with Crippen LogP contribution in [0.5, 0.6) is 0 Å². The summed E-state index contributed by atoms with van der Waals surface area (Å²) in [6, 6.07) is 0.429. The molecule has 0 saturated carbocycles. The molecule has 0 aromatic carbocycles. The number of fused-ring (bicyclic) bond motifs is 1. The summed E-state index contributed by atoms with van der Waals surface area (Å²) in [5.74, 6) is 2.04. The van der Waals surface area contributed by atoms with E-state index in [1.165, 1.54) is 0 Å². The lowest BCUT2D eigenvalue weighted by Crippen LogP contribution is -2.45. The Labute approximate surface area is 122 Å². The van der Waals surface area contributed by atoms with Crippen molar-refractivity contribution in [3.63, 3.8) is 0 Å². The first-order chi connectivity index (χ1) is 9.54. The van der Waals surface area contributed by atoms with E-state index in [4.69, 9.17) is 4.74 Å². The van der Waals surface area contributed by atoms with Crippen LogP contribution >= 0.6 is 0 Å². The molecule has 114 valence electrons. The molecule has 0 aromatic rings. The molecule has 0 radical (unpaired) electrons. The minimum Gasteiger partial charge on any atom is -0.374 e. The zero-order valence-corrected chi connectivity index (χ0v) is 13.1. The van der Waals surface area contributed by atoms with Gasteiger partial charge in [-0.2, -0.15) is 0 Å². The van der Waals surface area contributed by atoms with Crippen molar-refractivity contribution < 1.29 is 9.53 Å².